The zero-order valence-corrected chi connectivity index (χ0v) is 15.1. The van der Waals surface area contributed by atoms with Crippen molar-refractivity contribution < 1.29 is 14.2 Å². The van der Waals surface area contributed by atoms with E-state index in [0.29, 0.717) is 12.0 Å². The quantitative estimate of drug-likeness (QED) is 0.825. The predicted molar refractivity (Wildman–Crippen MR) is 93.3 cm³/mol. The molecule has 1 N–H and O–H groups in total. The molecule has 0 aliphatic carbocycles. The predicted octanol–water partition coefficient (Wildman–Crippen LogP) is 3.95. The van der Waals surface area contributed by atoms with E-state index in [4.69, 9.17) is 14.2 Å². The van der Waals surface area contributed by atoms with E-state index in [0.717, 1.165) is 37.6 Å². The van der Waals surface area contributed by atoms with E-state index in [-0.39, 0.29) is 12.1 Å². The summed E-state index contributed by atoms with van der Waals surface area (Å²) in [6.07, 6.45) is 2.43. The van der Waals surface area contributed by atoms with E-state index < -0.39 is 0 Å². The highest BCUT2D eigenvalue weighted by atomic mass is 16.5. The lowest BCUT2D eigenvalue weighted by molar-refractivity contribution is 0.0547. The van der Waals surface area contributed by atoms with Crippen LogP contribution < -0.4 is 14.8 Å². The number of methoxy groups -OCH3 is 1. The van der Waals surface area contributed by atoms with Crippen molar-refractivity contribution in [2.45, 2.75) is 58.7 Å². The van der Waals surface area contributed by atoms with Crippen LogP contribution >= 0.6 is 0 Å². The fourth-order valence-corrected chi connectivity index (χ4v) is 3.15. The smallest absolute Gasteiger partial charge is 0.161 e. The number of nitrogens with one attached hydrogen (secondary N) is 1. The molecule has 4 nitrogen and oxygen atoms in total. The molecule has 0 radical (unpaired) electrons. The van der Waals surface area contributed by atoms with Crippen LogP contribution in [0.4, 0.5) is 0 Å². The number of hydrogen-bond donors (Lipinski definition) is 1. The van der Waals surface area contributed by atoms with E-state index in [2.05, 4.69) is 31.3 Å². The van der Waals surface area contributed by atoms with Crippen molar-refractivity contribution in [1.29, 1.82) is 0 Å². The first-order valence-electron chi connectivity index (χ1n) is 8.69. The van der Waals surface area contributed by atoms with Gasteiger partial charge in [0.25, 0.3) is 0 Å². The minimum Gasteiger partial charge on any atom is -0.493 e. The third-order valence-corrected chi connectivity index (χ3v) is 4.54. The second kappa shape index (κ2) is 8.55. The molecule has 1 aromatic rings. The summed E-state index contributed by atoms with van der Waals surface area (Å²) >= 11 is 0. The Labute approximate surface area is 140 Å². The monoisotopic (exact) mass is 321 g/mol. The maximum atomic E-state index is 5.79. The molecule has 0 unspecified atom stereocenters. The lowest BCUT2D eigenvalue weighted by atomic mass is 9.92. The van der Waals surface area contributed by atoms with Gasteiger partial charge in [-0.3, -0.25) is 0 Å². The molecule has 0 aromatic heterocycles. The second-order valence-electron chi connectivity index (χ2n) is 6.70. The highest BCUT2D eigenvalue weighted by Crippen LogP contribution is 2.31. The van der Waals surface area contributed by atoms with Crippen molar-refractivity contribution in [2.24, 2.45) is 5.92 Å². The molecule has 1 aliphatic rings. The summed E-state index contributed by atoms with van der Waals surface area (Å²) < 4.78 is 16.7. The average molecular weight is 321 g/mol. The van der Waals surface area contributed by atoms with Crippen LogP contribution in [-0.2, 0) is 4.74 Å². The number of rotatable bonds is 7. The molecule has 0 amide bonds. The molecule has 4 heteroatoms. The molecule has 2 rings (SSSR count). The van der Waals surface area contributed by atoms with Crippen molar-refractivity contribution in [1.82, 2.24) is 5.32 Å². The van der Waals surface area contributed by atoms with Crippen LogP contribution in [0.25, 0.3) is 0 Å². The molecule has 1 fully saturated rings. The Kier molecular flexibility index (Phi) is 6.72. The fraction of sp³-hybridized carbons (Fsp3) is 0.684. The summed E-state index contributed by atoms with van der Waals surface area (Å²) in [5, 5.41) is 3.73. The molecular weight excluding hydrogens is 290 g/mol. The van der Waals surface area contributed by atoms with Gasteiger partial charge in [0.1, 0.15) is 0 Å². The van der Waals surface area contributed by atoms with Crippen molar-refractivity contribution in [3.8, 4) is 11.5 Å². The van der Waals surface area contributed by atoms with Gasteiger partial charge in [0.05, 0.1) is 13.2 Å². The summed E-state index contributed by atoms with van der Waals surface area (Å²) in [6, 6.07) is 6.95. The van der Waals surface area contributed by atoms with Gasteiger partial charge in [-0.1, -0.05) is 6.07 Å². The highest BCUT2D eigenvalue weighted by molar-refractivity contribution is 5.43. The van der Waals surface area contributed by atoms with E-state index in [1.165, 1.54) is 5.56 Å². The van der Waals surface area contributed by atoms with E-state index in [1.807, 2.05) is 19.9 Å². The van der Waals surface area contributed by atoms with Crippen molar-refractivity contribution in [3.05, 3.63) is 23.8 Å². The Balaban J connectivity index is 2.02. The average Bonchev–Trinajstić information content (AvgIpc) is 2.55. The van der Waals surface area contributed by atoms with E-state index >= 15 is 0 Å². The molecule has 23 heavy (non-hydrogen) atoms. The van der Waals surface area contributed by atoms with Crippen LogP contribution in [0.15, 0.2) is 18.2 Å². The maximum absolute atomic E-state index is 5.79. The molecule has 0 spiro atoms. The summed E-state index contributed by atoms with van der Waals surface area (Å²) in [5.41, 5.74) is 1.22. The van der Waals surface area contributed by atoms with Crippen LogP contribution in [0.1, 0.15) is 52.1 Å². The Morgan fingerprint density at radius 2 is 1.78 bits per heavy atom. The lowest BCUT2D eigenvalue weighted by Gasteiger charge is -2.31. The number of benzene rings is 1. The first-order valence-corrected chi connectivity index (χ1v) is 8.69. The molecule has 1 saturated heterocycles. The van der Waals surface area contributed by atoms with Gasteiger partial charge in [0.15, 0.2) is 11.5 Å². The summed E-state index contributed by atoms with van der Waals surface area (Å²) in [5.74, 6) is 2.29. The molecule has 0 bridgehead atoms. The SMILES string of the molecule is COc1cc([C@@H](C)N[C@H](C)C2CCOCC2)ccc1OC(C)C. The molecular formula is C19H31NO3. The minimum absolute atomic E-state index is 0.138. The number of ether oxygens (including phenoxy) is 3. The molecule has 2 atom stereocenters. The summed E-state index contributed by atoms with van der Waals surface area (Å²) in [4.78, 5) is 0. The molecule has 1 heterocycles. The normalized spacial score (nSPS) is 18.7. The topological polar surface area (TPSA) is 39.7 Å². The molecule has 130 valence electrons. The maximum Gasteiger partial charge on any atom is 0.161 e. The zero-order chi connectivity index (χ0) is 16.8. The van der Waals surface area contributed by atoms with Crippen LogP contribution in [0, 0.1) is 5.92 Å². The minimum atomic E-state index is 0.138. The Morgan fingerprint density at radius 1 is 1.09 bits per heavy atom. The van der Waals surface area contributed by atoms with Crippen LogP contribution in [0.5, 0.6) is 11.5 Å². The molecule has 1 aliphatic heterocycles. The van der Waals surface area contributed by atoms with E-state index in [1.54, 1.807) is 7.11 Å². The first-order chi connectivity index (χ1) is 11.0. The summed E-state index contributed by atoms with van der Waals surface area (Å²) in [6.45, 7) is 10.3. The number of hydrogen-bond acceptors (Lipinski definition) is 4. The Bertz CT molecular complexity index is 484. The fourth-order valence-electron chi connectivity index (χ4n) is 3.15. The van der Waals surface area contributed by atoms with Gasteiger partial charge in [0.2, 0.25) is 0 Å². The van der Waals surface area contributed by atoms with Gasteiger partial charge in [0, 0.05) is 25.3 Å². The van der Waals surface area contributed by atoms with Crippen molar-refractivity contribution in [2.75, 3.05) is 20.3 Å². The second-order valence-corrected chi connectivity index (χ2v) is 6.70. The largest absolute Gasteiger partial charge is 0.493 e. The first kappa shape index (κ1) is 18.1. The molecule has 1 aromatic carbocycles. The lowest BCUT2D eigenvalue weighted by Crippen LogP contribution is -2.38. The van der Waals surface area contributed by atoms with Crippen LogP contribution in [0.3, 0.4) is 0 Å². The van der Waals surface area contributed by atoms with E-state index in [9.17, 15) is 0 Å². The van der Waals surface area contributed by atoms with Gasteiger partial charge in [-0.2, -0.15) is 0 Å². The van der Waals surface area contributed by atoms with Gasteiger partial charge in [-0.15, -0.1) is 0 Å². The third kappa shape index (κ3) is 5.11. The van der Waals surface area contributed by atoms with Crippen molar-refractivity contribution >= 4 is 0 Å². The Hall–Kier alpha value is -1.26. The van der Waals surface area contributed by atoms with Gasteiger partial charge in [-0.05, 0) is 64.2 Å². The Morgan fingerprint density at radius 3 is 2.39 bits per heavy atom. The highest BCUT2D eigenvalue weighted by Gasteiger charge is 2.22. The third-order valence-electron chi connectivity index (χ3n) is 4.54. The van der Waals surface area contributed by atoms with Gasteiger partial charge < -0.3 is 19.5 Å². The zero-order valence-electron chi connectivity index (χ0n) is 15.1. The standard InChI is InChI=1S/C19H31NO3/c1-13(2)23-18-7-6-17(12-19(18)21-5)15(4)20-14(3)16-8-10-22-11-9-16/h6-7,12-16,20H,8-11H2,1-5H3/t14-,15-/m1/s1. The van der Waals surface area contributed by atoms with Crippen LogP contribution in [0.2, 0.25) is 0 Å². The van der Waals surface area contributed by atoms with Gasteiger partial charge in [-0.25, -0.2) is 0 Å². The van der Waals surface area contributed by atoms with Crippen LogP contribution in [-0.4, -0.2) is 32.5 Å². The summed E-state index contributed by atoms with van der Waals surface area (Å²) in [7, 11) is 1.69. The molecule has 0 saturated carbocycles. The van der Waals surface area contributed by atoms with Crippen molar-refractivity contribution in [3.63, 3.8) is 0 Å². The van der Waals surface area contributed by atoms with Gasteiger partial charge >= 0.3 is 0 Å².